The predicted molar refractivity (Wildman–Crippen MR) is 82.3 cm³/mol. The number of nitrogens with one attached hydrogen (secondary N) is 1. The molecule has 100 valence electrons. The van der Waals surface area contributed by atoms with Crippen molar-refractivity contribution < 1.29 is 4.79 Å². The molecule has 0 unspecified atom stereocenters. The summed E-state index contributed by atoms with van der Waals surface area (Å²) in [4.78, 5) is 16.0. The molecule has 0 aliphatic heterocycles. The Kier molecular flexibility index (Phi) is 3.15. The molecule has 0 bridgehead atoms. The zero-order chi connectivity index (χ0) is 14.1. The fourth-order valence-electron chi connectivity index (χ4n) is 2.62. The molecular weight excluding hydrogens is 246 g/mol. The molecule has 0 amide bonds. The van der Waals surface area contributed by atoms with Crippen molar-refractivity contribution in [1.82, 2.24) is 4.98 Å². The molecule has 2 aromatic carbocycles. The van der Waals surface area contributed by atoms with Crippen LogP contribution in [-0.2, 0) is 6.42 Å². The molecule has 20 heavy (non-hydrogen) atoms. The molecule has 0 saturated carbocycles. The molecular formula is C18H17NO. The summed E-state index contributed by atoms with van der Waals surface area (Å²) in [6.45, 7) is 4.12. The van der Waals surface area contributed by atoms with Gasteiger partial charge in [-0.2, -0.15) is 0 Å². The smallest absolute Gasteiger partial charge is 0.195 e. The van der Waals surface area contributed by atoms with E-state index in [9.17, 15) is 4.79 Å². The normalized spacial score (nSPS) is 10.9. The second-order valence-corrected chi connectivity index (χ2v) is 5.09. The molecule has 2 nitrogen and oxygen atoms in total. The molecule has 3 rings (SSSR count). The van der Waals surface area contributed by atoms with E-state index in [4.69, 9.17) is 0 Å². The summed E-state index contributed by atoms with van der Waals surface area (Å²) in [6.07, 6.45) is 2.68. The molecule has 1 N–H and O–H groups in total. The van der Waals surface area contributed by atoms with E-state index in [-0.39, 0.29) is 5.78 Å². The van der Waals surface area contributed by atoms with E-state index in [0.29, 0.717) is 0 Å². The van der Waals surface area contributed by atoms with Gasteiger partial charge < -0.3 is 4.98 Å². The highest BCUT2D eigenvalue weighted by Crippen LogP contribution is 2.23. The van der Waals surface area contributed by atoms with Gasteiger partial charge in [0.2, 0.25) is 0 Å². The van der Waals surface area contributed by atoms with E-state index in [0.717, 1.165) is 34.0 Å². The lowest BCUT2D eigenvalue weighted by molar-refractivity contribution is 0.103. The summed E-state index contributed by atoms with van der Waals surface area (Å²) in [5.74, 6) is 0.0950. The highest BCUT2D eigenvalue weighted by Gasteiger charge is 2.16. The third-order valence-corrected chi connectivity index (χ3v) is 3.72. The van der Waals surface area contributed by atoms with Gasteiger partial charge in [0.15, 0.2) is 5.78 Å². The lowest BCUT2D eigenvalue weighted by Crippen LogP contribution is -2.04. The van der Waals surface area contributed by atoms with Crippen LogP contribution in [0.2, 0.25) is 0 Å². The van der Waals surface area contributed by atoms with E-state index in [1.165, 1.54) is 5.56 Å². The minimum Gasteiger partial charge on any atom is -0.360 e. The van der Waals surface area contributed by atoms with E-state index in [2.05, 4.69) is 18.0 Å². The van der Waals surface area contributed by atoms with Gasteiger partial charge >= 0.3 is 0 Å². The fourth-order valence-corrected chi connectivity index (χ4v) is 2.62. The summed E-state index contributed by atoms with van der Waals surface area (Å²) in [7, 11) is 0. The highest BCUT2D eigenvalue weighted by molar-refractivity contribution is 6.17. The largest absolute Gasteiger partial charge is 0.360 e. The molecule has 0 saturated heterocycles. The maximum Gasteiger partial charge on any atom is 0.195 e. The Morgan fingerprint density at radius 3 is 2.70 bits per heavy atom. The molecule has 1 heterocycles. The van der Waals surface area contributed by atoms with Crippen LogP contribution >= 0.6 is 0 Å². The maximum absolute atomic E-state index is 12.8. The second kappa shape index (κ2) is 4.97. The van der Waals surface area contributed by atoms with Crippen LogP contribution in [0.1, 0.15) is 34.0 Å². The Labute approximate surface area is 118 Å². The fraction of sp³-hybridized carbons (Fsp3) is 0.167. The van der Waals surface area contributed by atoms with Crippen LogP contribution in [0.5, 0.6) is 0 Å². The Balaban J connectivity index is 2.13. The summed E-state index contributed by atoms with van der Waals surface area (Å²) >= 11 is 0. The van der Waals surface area contributed by atoms with Gasteiger partial charge in [0.05, 0.1) is 0 Å². The molecule has 0 aliphatic rings. The van der Waals surface area contributed by atoms with Crippen LogP contribution in [0, 0.1) is 6.92 Å². The van der Waals surface area contributed by atoms with Gasteiger partial charge in [0, 0.05) is 28.2 Å². The number of H-pyrrole nitrogens is 1. The topological polar surface area (TPSA) is 32.9 Å². The zero-order valence-electron chi connectivity index (χ0n) is 11.7. The molecule has 1 aromatic heterocycles. The molecule has 0 aliphatic carbocycles. The Morgan fingerprint density at radius 2 is 1.90 bits per heavy atom. The average Bonchev–Trinajstić information content (AvgIpc) is 2.89. The number of rotatable bonds is 3. The summed E-state index contributed by atoms with van der Waals surface area (Å²) < 4.78 is 0. The van der Waals surface area contributed by atoms with Crippen molar-refractivity contribution in [2.45, 2.75) is 20.3 Å². The van der Waals surface area contributed by atoms with Gasteiger partial charge in [-0.25, -0.2) is 0 Å². The van der Waals surface area contributed by atoms with Crippen LogP contribution in [0.15, 0.2) is 48.7 Å². The molecule has 0 radical (unpaired) electrons. The SMILES string of the molecule is CCc1ccccc1C(=O)c1c[nH]c2cc(C)ccc12. The summed E-state index contributed by atoms with van der Waals surface area (Å²) in [6, 6.07) is 14.0. The number of hydrogen-bond acceptors (Lipinski definition) is 1. The zero-order valence-corrected chi connectivity index (χ0v) is 11.7. The minimum absolute atomic E-state index is 0.0950. The van der Waals surface area contributed by atoms with E-state index < -0.39 is 0 Å². The van der Waals surface area contributed by atoms with Crippen molar-refractivity contribution >= 4 is 16.7 Å². The van der Waals surface area contributed by atoms with Crippen molar-refractivity contribution in [3.05, 3.63) is 70.9 Å². The number of ketones is 1. The number of aryl methyl sites for hydroxylation is 2. The molecule has 3 aromatic rings. The average molecular weight is 263 g/mol. The molecule has 0 fully saturated rings. The first kappa shape index (κ1) is 12.7. The molecule has 0 atom stereocenters. The number of aromatic amines is 1. The van der Waals surface area contributed by atoms with Crippen molar-refractivity contribution in [2.24, 2.45) is 0 Å². The van der Waals surface area contributed by atoms with Crippen LogP contribution in [0.3, 0.4) is 0 Å². The van der Waals surface area contributed by atoms with Crippen molar-refractivity contribution in [3.63, 3.8) is 0 Å². The first-order valence-electron chi connectivity index (χ1n) is 6.91. The molecule has 2 heteroatoms. The van der Waals surface area contributed by atoms with Crippen LogP contribution < -0.4 is 0 Å². The van der Waals surface area contributed by atoms with Crippen LogP contribution in [0.4, 0.5) is 0 Å². The van der Waals surface area contributed by atoms with Gasteiger partial charge in [0.1, 0.15) is 0 Å². The van der Waals surface area contributed by atoms with E-state index >= 15 is 0 Å². The third-order valence-electron chi connectivity index (χ3n) is 3.72. The second-order valence-electron chi connectivity index (χ2n) is 5.09. The first-order chi connectivity index (χ1) is 9.70. The lowest BCUT2D eigenvalue weighted by Gasteiger charge is -2.06. The summed E-state index contributed by atoms with van der Waals surface area (Å²) in [5.41, 5.74) is 4.85. The van der Waals surface area contributed by atoms with Crippen molar-refractivity contribution in [1.29, 1.82) is 0 Å². The number of hydrogen-bond donors (Lipinski definition) is 1. The predicted octanol–water partition coefficient (Wildman–Crippen LogP) is 4.27. The van der Waals surface area contributed by atoms with Gasteiger partial charge in [-0.05, 0) is 30.5 Å². The van der Waals surface area contributed by atoms with Crippen LogP contribution in [-0.4, -0.2) is 10.8 Å². The number of carbonyl (C=O) groups is 1. The van der Waals surface area contributed by atoms with Gasteiger partial charge in [-0.3, -0.25) is 4.79 Å². The van der Waals surface area contributed by atoms with Gasteiger partial charge in [-0.1, -0.05) is 43.3 Å². The quantitative estimate of drug-likeness (QED) is 0.703. The molecule has 0 spiro atoms. The number of benzene rings is 2. The Morgan fingerprint density at radius 1 is 1.10 bits per heavy atom. The minimum atomic E-state index is 0.0950. The van der Waals surface area contributed by atoms with E-state index in [1.54, 1.807) is 0 Å². The van der Waals surface area contributed by atoms with Crippen molar-refractivity contribution in [3.8, 4) is 0 Å². The van der Waals surface area contributed by atoms with Crippen molar-refractivity contribution in [2.75, 3.05) is 0 Å². The lowest BCUT2D eigenvalue weighted by atomic mass is 9.96. The Bertz CT molecular complexity index is 783. The Hall–Kier alpha value is -2.35. The third kappa shape index (κ3) is 2.03. The van der Waals surface area contributed by atoms with Crippen LogP contribution in [0.25, 0.3) is 10.9 Å². The first-order valence-corrected chi connectivity index (χ1v) is 6.91. The van der Waals surface area contributed by atoms with Gasteiger partial charge in [0.25, 0.3) is 0 Å². The maximum atomic E-state index is 12.8. The summed E-state index contributed by atoms with van der Waals surface area (Å²) in [5, 5.41) is 0.992. The standard InChI is InChI=1S/C18H17NO/c1-3-13-6-4-5-7-14(13)18(20)16-11-19-17-10-12(2)8-9-15(16)17/h4-11,19H,3H2,1-2H3. The number of fused-ring (bicyclic) bond motifs is 1. The highest BCUT2D eigenvalue weighted by atomic mass is 16.1. The van der Waals surface area contributed by atoms with E-state index in [1.807, 2.05) is 49.5 Å². The van der Waals surface area contributed by atoms with Gasteiger partial charge in [-0.15, -0.1) is 0 Å². The number of aromatic nitrogens is 1. The monoisotopic (exact) mass is 263 g/mol. The number of carbonyl (C=O) groups excluding carboxylic acids is 1.